The Labute approximate surface area is 142 Å². The number of aromatic nitrogens is 1. The Bertz CT molecular complexity index is 706. The van der Waals surface area contributed by atoms with E-state index in [0.717, 1.165) is 5.75 Å². The molecule has 0 atom stereocenters. The van der Waals surface area contributed by atoms with Crippen molar-refractivity contribution >= 4 is 27.7 Å². The highest BCUT2D eigenvalue weighted by atomic mass is 79.9. The molecule has 0 aliphatic carbocycles. The van der Waals surface area contributed by atoms with Crippen molar-refractivity contribution in [3.8, 4) is 17.2 Å². The molecule has 0 N–H and O–H groups in total. The van der Waals surface area contributed by atoms with Crippen LogP contribution in [-0.2, 0) is 4.79 Å². The summed E-state index contributed by atoms with van der Waals surface area (Å²) in [4.78, 5) is 18.0. The van der Waals surface area contributed by atoms with Crippen molar-refractivity contribution in [1.29, 1.82) is 0 Å². The Morgan fingerprint density at radius 1 is 1.22 bits per heavy atom. The predicted molar refractivity (Wildman–Crippen MR) is 88.3 cm³/mol. The van der Waals surface area contributed by atoms with Crippen LogP contribution in [0.15, 0.2) is 41.0 Å². The zero-order valence-corrected chi connectivity index (χ0v) is 14.1. The van der Waals surface area contributed by atoms with Gasteiger partial charge in [-0.2, -0.15) is 0 Å². The Morgan fingerprint density at radius 2 is 1.96 bits per heavy atom. The fraction of sp³-hybridized carbons (Fsp3) is 0.250. The van der Waals surface area contributed by atoms with E-state index in [0.29, 0.717) is 35.1 Å². The summed E-state index contributed by atoms with van der Waals surface area (Å²) in [6.45, 7) is 0.759. The number of methoxy groups -OCH3 is 1. The third-order valence-corrected chi connectivity index (χ3v) is 3.80. The SMILES string of the molecule is COc1ccc(OCCN2C(=O)COc3ccc(Br)nc32)cc1. The Hall–Kier alpha value is -2.28. The number of nitrogens with zero attached hydrogens (tertiary/aromatic N) is 2. The molecule has 0 unspecified atom stereocenters. The van der Waals surface area contributed by atoms with Crippen LogP contribution in [0.2, 0.25) is 0 Å². The number of anilines is 1. The second-order valence-corrected chi connectivity index (χ2v) is 5.63. The van der Waals surface area contributed by atoms with Gasteiger partial charge in [-0.25, -0.2) is 4.98 Å². The van der Waals surface area contributed by atoms with E-state index in [9.17, 15) is 4.79 Å². The number of fused-ring (bicyclic) bond motifs is 1. The maximum atomic E-state index is 12.1. The first-order valence-electron chi connectivity index (χ1n) is 7.04. The number of ether oxygens (including phenoxy) is 3. The van der Waals surface area contributed by atoms with Crippen molar-refractivity contribution in [2.75, 3.05) is 31.8 Å². The second-order valence-electron chi connectivity index (χ2n) is 4.81. The molecule has 3 rings (SSSR count). The van der Waals surface area contributed by atoms with E-state index in [2.05, 4.69) is 20.9 Å². The van der Waals surface area contributed by atoms with Crippen molar-refractivity contribution in [2.45, 2.75) is 0 Å². The molecule has 0 spiro atoms. The van der Waals surface area contributed by atoms with Gasteiger partial charge in [-0.15, -0.1) is 0 Å². The van der Waals surface area contributed by atoms with Gasteiger partial charge in [0.15, 0.2) is 18.2 Å². The molecular formula is C16H15BrN2O4. The summed E-state index contributed by atoms with van der Waals surface area (Å²) in [5.41, 5.74) is 0. The molecule has 2 aromatic rings. The molecule has 0 saturated carbocycles. The number of rotatable bonds is 5. The smallest absolute Gasteiger partial charge is 0.266 e. The van der Waals surface area contributed by atoms with E-state index < -0.39 is 0 Å². The van der Waals surface area contributed by atoms with Crippen molar-refractivity contribution in [3.05, 3.63) is 41.0 Å². The highest BCUT2D eigenvalue weighted by Crippen LogP contribution is 2.31. The Kier molecular flexibility index (Phi) is 4.66. The summed E-state index contributed by atoms with van der Waals surface area (Å²) in [6.07, 6.45) is 0. The van der Waals surface area contributed by atoms with Crippen molar-refractivity contribution in [1.82, 2.24) is 4.98 Å². The third-order valence-electron chi connectivity index (χ3n) is 3.36. The first-order valence-corrected chi connectivity index (χ1v) is 7.83. The molecule has 23 heavy (non-hydrogen) atoms. The fourth-order valence-electron chi connectivity index (χ4n) is 2.21. The van der Waals surface area contributed by atoms with Gasteiger partial charge < -0.3 is 14.2 Å². The first kappa shape index (κ1) is 15.6. The normalized spacial score (nSPS) is 13.3. The van der Waals surface area contributed by atoms with Gasteiger partial charge in [-0.3, -0.25) is 9.69 Å². The number of halogens is 1. The highest BCUT2D eigenvalue weighted by Gasteiger charge is 2.26. The molecule has 7 heteroatoms. The molecule has 0 fully saturated rings. The minimum Gasteiger partial charge on any atom is -0.497 e. The van der Waals surface area contributed by atoms with Gasteiger partial charge in [-0.05, 0) is 52.3 Å². The molecule has 120 valence electrons. The van der Waals surface area contributed by atoms with Gasteiger partial charge in [0.05, 0.1) is 13.7 Å². The summed E-state index contributed by atoms with van der Waals surface area (Å²) in [6, 6.07) is 10.9. The third kappa shape index (κ3) is 3.56. The second kappa shape index (κ2) is 6.87. The summed E-state index contributed by atoms with van der Waals surface area (Å²) in [5, 5.41) is 0. The van der Waals surface area contributed by atoms with Gasteiger partial charge >= 0.3 is 0 Å². The van der Waals surface area contributed by atoms with Crippen LogP contribution in [0.4, 0.5) is 5.82 Å². The topological polar surface area (TPSA) is 60.9 Å². The minimum atomic E-state index is -0.138. The zero-order valence-electron chi connectivity index (χ0n) is 12.5. The molecule has 0 bridgehead atoms. The maximum Gasteiger partial charge on any atom is 0.266 e. The summed E-state index contributed by atoms with van der Waals surface area (Å²) in [7, 11) is 1.61. The standard InChI is InChI=1S/C16H15BrN2O4/c1-21-11-2-4-12(5-3-11)22-9-8-19-15(20)10-23-13-6-7-14(17)18-16(13)19/h2-7H,8-10H2,1H3. The minimum absolute atomic E-state index is 0.0127. The van der Waals surface area contributed by atoms with Gasteiger partial charge in [-0.1, -0.05) is 0 Å². The molecule has 1 aromatic heterocycles. The Balaban J connectivity index is 1.65. The molecule has 1 amide bonds. The number of carbonyl (C=O) groups excluding carboxylic acids is 1. The number of pyridine rings is 1. The van der Waals surface area contributed by atoms with Crippen LogP contribution >= 0.6 is 15.9 Å². The average Bonchev–Trinajstić information content (AvgIpc) is 2.57. The van der Waals surface area contributed by atoms with Gasteiger partial charge in [0, 0.05) is 0 Å². The molecule has 0 radical (unpaired) electrons. The fourth-order valence-corrected chi connectivity index (χ4v) is 2.51. The van der Waals surface area contributed by atoms with Crippen LogP contribution in [0.5, 0.6) is 17.2 Å². The van der Waals surface area contributed by atoms with Crippen LogP contribution in [0.1, 0.15) is 0 Å². The summed E-state index contributed by atoms with van der Waals surface area (Å²) >= 11 is 3.31. The average molecular weight is 379 g/mol. The van der Waals surface area contributed by atoms with E-state index in [-0.39, 0.29) is 12.5 Å². The lowest BCUT2D eigenvalue weighted by atomic mass is 10.3. The first-order chi connectivity index (χ1) is 11.2. The van der Waals surface area contributed by atoms with E-state index in [1.54, 1.807) is 24.1 Å². The molecule has 2 heterocycles. The summed E-state index contributed by atoms with van der Waals surface area (Å²) < 4.78 is 16.8. The van der Waals surface area contributed by atoms with Crippen LogP contribution in [-0.4, -0.2) is 37.8 Å². The van der Waals surface area contributed by atoms with E-state index >= 15 is 0 Å². The molecule has 0 saturated heterocycles. The van der Waals surface area contributed by atoms with Gasteiger partial charge in [0.2, 0.25) is 0 Å². The van der Waals surface area contributed by atoms with Gasteiger partial charge in [0.25, 0.3) is 5.91 Å². The maximum absolute atomic E-state index is 12.1. The molecular weight excluding hydrogens is 364 g/mol. The van der Waals surface area contributed by atoms with Gasteiger partial charge in [0.1, 0.15) is 22.7 Å². The lowest BCUT2D eigenvalue weighted by molar-refractivity contribution is -0.121. The van der Waals surface area contributed by atoms with E-state index in [1.165, 1.54) is 0 Å². The number of hydrogen-bond acceptors (Lipinski definition) is 5. The van der Waals surface area contributed by atoms with Crippen LogP contribution in [0, 0.1) is 0 Å². The molecule has 6 nitrogen and oxygen atoms in total. The highest BCUT2D eigenvalue weighted by molar-refractivity contribution is 9.10. The molecule has 1 aliphatic rings. The number of carbonyl (C=O) groups is 1. The van der Waals surface area contributed by atoms with Crippen molar-refractivity contribution < 1.29 is 19.0 Å². The van der Waals surface area contributed by atoms with Crippen LogP contribution < -0.4 is 19.1 Å². The van der Waals surface area contributed by atoms with E-state index in [4.69, 9.17) is 14.2 Å². The zero-order chi connectivity index (χ0) is 16.2. The monoisotopic (exact) mass is 378 g/mol. The molecule has 1 aromatic carbocycles. The number of hydrogen-bond donors (Lipinski definition) is 0. The van der Waals surface area contributed by atoms with E-state index in [1.807, 2.05) is 24.3 Å². The Morgan fingerprint density at radius 3 is 2.70 bits per heavy atom. The lowest BCUT2D eigenvalue weighted by Gasteiger charge is -2.28. The van der Waals surface area contributed by atoms with Crippen LogP contribution in [0.25, 0.3) is 0 Å². The van der Waals surface area contributed by atoms with Crippen LogP contribution in [0.3, 0.4) is 0 Å². The number of amides is 1. The predicted octanol–water partition coefficient (Wildman–Crippen LogP) is 2.66. The number of benzene rings is 1. The summed E-state index contributed by atoms with van der Waals surface area (Å²) in [5.74, 6) is 2.45. The molecule has 1 aliphatic heterocycles. The van der Waals surface area contributed by atoms with Crippen molar-refractivity contribution in [2.24, 2.45) is 0 Å². The van der Waals surface area contributed by atoms with Crippen molar-refractivity contribution in [3.63, 3.8) is 0 Å². The lowest BCUT2D eigenvalue weighted by Crippen LogP contribution is -2.41. The largest absolute Gasteiger partial charge is 0.497 e. The quantitative estimate of drug-likeness (QED) is 0.748.